The molecule has 0 bridgehead atoms. The van der Waals surface area contributed by atoms with E-state index in [9.17, 15) is 19.4 Å². The second-order valence-corrected chi connectivity index (χ2v) is 10.9. The highest BCUT2D eigenvalue weighted by molar-refractivity contribution is 7.82. The van der Waals surface area contributed by atoms with Gasteiger partial charge in [-0.1, -0.05) is 41.9 Å². The van der Waals surface area contributed by atoms with Crippen molar-refractivity contribution in [3.05, 3.63) is 105 Å². The lowest BCUT2D eigenvalue weighted by Crippen LogP contribution is -2.46. The van der Waals surface area contributed by atoms with Crippen LogP contribution in [-0.4, -0.2) is 38.9 Å². The highest BCUT2D eigenvalue weighted by atomic mass is 35.5. The highest BCUT2D eigenvalue weighted by Crippen LogP contribution is 2.41. The van der Waals surface area contributed by atoms with Crippen LogP contribution in [0.1, 0.15) is 57.9 Å². The standard InChI is InChI=1S/C29H31ClFNO3S/c1-19-4-3-5-25(20(19)2)26(18-29(35,36)27(33)21-6-12-24(31)13-7-21)32-16-14-28(34,15-17-32)22-8-10-23(30)11-9-22/h3-13,26,34-36H,14-18H2,1-2H3. The minimum Gasteiger partial charge on any atom is -0.385 e. The second kappa shape index (κ2) is 10.6. The summed E-state index contributed by atoms with van der Waals surface area (Å²) in [6, 6.07) is 18.1. The van der Waals surface area contributed by atoms with Crippen LogP contribution in [0, 0.1) is 19.7 Å². The lowest BCUT2D eigenvalue weighted by Gasteiger charge is -2.44. The van der Waals surface area contributed by atoms with E-state index in [-0.39, 0.29) is 18.0 Å². The van der Waals surface area contributed by atoms with Crippen molar-refractivity contribution < 1.29 is 19.4 Å². The molecule has 4 rings (SSSR count). The van der Waals surface area contributed by atoms with E-state index in [1.807, 2.05) is 44.2 Å². The Balaban J connectivity index is 1.61. The van der Waals surface area contributed by atoms with Crippen LogP contribution in [0.15, 0.2) is 66.7 Å². The van der Waals surface area contributed by atoms with Crippen molar-refractivity contribution in [2.75, 3.05) is 13.1 Å². The Morgan fingerprint density at radius 2 is 1.69 bits per heavy atom. The Kier molecular flexibility index (Phi) is 7.93. The summed E-state index contributed by atoms with van der Waals surface area (Å²) in [5.74, 6) is -1.03. The van der Waals surface area contributed by atoms with Crippen molar-refractivity contribution in [1.29, 1.82) is 0 Å². The van der Waals surface area contributed by atoms with Crippen LogP contribution in [-0.2, 0) is 5.60 Å². The highest BCUT2D eigenvalue weighted by Gasteiger charge is 2.41. The molecule has 0 saturated carbocycles. The zero-order chi connectivity index (χ0) is 26.1. The summed E-state index contributed by atoms with van der Waals surface area (Å²) in [4.78, 5) is 13.4. The first kappa shape index (κ1) is 26.8. The van der Waals surface area contributed by atoms with Crippen molar-refractivity contribution in [3.8, 4) is 0 Å². The summed E-state index contributed by atoms with van der Waals surface area (Å²) < 4.78 is 13.4. The fraction of sp³-hybridized carbons (Fsp3) is 0.345. The van der Waals surface area contributed by atoms with Crippen molar-refractivity contribution in [2.45, 2.75) is 49.7 Å². The average Bonchev–Trinajstić information content (AvgIpc) is 2.85. The number of piperidine rings is 1. The van der Waals surface area contributed by atoms with Crippen LogP contribution in [0.5, 0.6) is 0 Å². The number of likely N-dealkylation sites (tertiary alicyclic amines) is 1. The Morgan fingerprint density at radius 1 is 1.08 bits per heavy atom. The van der Waals surface area contributed by atoms with Crippen molar-refractivity contribution >= 4 is 30.0 Å². The van der Waals surface area contributed by atoms with Gasteiger partial charge in [-0.05, 0) is 85.3 Å². The zero-order valence-corrected chi connectivity index (χ0v) is 22.1. The molecule has 1 aliphatic rings. The zero-order valence-electron chi connectivity index (χ0n) is 20.4. The van der Waals surface area contributed by atoms with E-state index >= 15 is 0 Å². The Bertz CT molecular complexity index is 1220. The molecule has 3 aromatic rings. The van der Waals surface area contributed by atoms with Crippen LogP contribution in [0.4, 0.5) is 4.39 Å². The predicted octanol–water partition coefficient (Wildman–Crippen LogP) is 6.01. The van der Waals surface area contributed by atoms with Crippen LogP contribution in [0.3, 0.4) is 0 Å². The number of ketones is 1. The van der Waals surface area contributed by atoms with Crippen molar-refractivity contribution in [2.24, 2.45) is 0 Å². The molecule has 0 aromatic heterocycles. The van der Waals surface area contributed by atoms with E-state index in [2.05, 4.69) is 17.5 Å². The minimum absolute atomic E-state index is 0.0377. The van der Waals surface area contributed by atoms with E-state index in [1.165, 1.54) is 24.3 Å². The number of aliphatic hydroxyl groups is 2. The predicted molar refractivity (Wildman–Crippen MR) is 144 cm³/mol. The molecule has 1 saturated heterocycles. The molecular formula is C29H31ClFNO3S. The molecule has 1 heterocycles. The fourth-order valence-electron chi connectivity index (χ4n) is 5.02. The van der Waals surface area contributed by atoms with Gasteiger partial charge in [-0.2, -0.15) is 0 Å². The minimum atomic E-state index is -1.97. The Morgan fingerprint density at radius 3 is 2.31 bits per heavy atom. The number of nitrogens with zero attached hydrogens (tertiary/aromatic N) is 1. The van der Waals surface area contributed by atoms with Gasteiger partial charge in [-0.3, -0.25) is 9.69 Å². The third-order valence-electron chi connectivity index (χ3n) is 7.40. The first-order valence-electron chi connectivity index (χ1n) is 12.0. The lowest BCUT2D eigenvalue weighted by molar-refractivity contribution is -0.0414. The first-order valence-corrected chi connectivity index (χ1v) is 12.9. The monoisotopic (exact) mass is 527 g/mol. The molecule has 0 amide bonds. The van der Waals surface area contributed by atoms with Crippen molar-refractivity contribution in [1.82, 2.24) is 4.90 Å². The maximum atomic E-state index is 13.4. The topological polar surface area (TPSA) is 60.8 Å². The van der Waals surface area contributed by atoms with Gasteiger partial charge in [0.15, 0.2) is 4.93 Å². The summed E-state index contributed by atoms with van der Waals surface area (Å²) >= 11 is 10.4. The van der Waals surface area contributed by atoms with E-state index in [1.54, 1.807) is 12.1 Å². The number of hydrogen-bond acceptors (Lipinski definition) is 5. The first-order chi connectivity index (χ1) is 17.0. The molecule has 1 aliphatic heterocycles. The number of hydrogen-bond donors (Lipinski definition) is 3. The molecule has 2 N–H and O–H groups in total. The Labute approximate surface area is 222 Å². The Hall–Kier alpha value is -2.22. The van der Waals surface area contributed by atoms with Crippen LogP contribution < -0.4 is 0 Å². The number of thiol groups is 1. The summed E-state index contributed by atoms with van der Waals surface area (Å²) in [5, 5.41) is 23.3. The van der Waals surface area contributed by atoms with E-state index in [4.69, 9.17) is 11.6 Å². The average molecular weight is 528 g/mol. The third kappa shape index (κ3) is 5.68. The van der Waals surface area contributed by atoms with Gasteiger partial charge in [-0.25, -0.2) is 4.39 Å². The van der Waals surface area contributed by atoms with Gasteiger partial charge < -0.3 is 10.2 Å². The molecule has 0 radical (unpaired) electrons. The van der Waals surface area contributed by atoms with Crippen LogP contribution >= 0.6 is 24.2 Å². The quantitative estimate of drug-likeness (QED) is 0.200. The van der Waals surface area contributed by atoms with Gasteiger partial charge in [0.2, 0.25) is 5.78 Å². The van der Waals surface area contributed by atoms with Crippen LogP contribution in [0.2, 0.25) is 5.02 Å². The fourth-order valence-corrected chi connectivity index (χ4v) is 5.45. The number of carbonyl (C=O) groups is 1. The largest absolute Gasteiger partial charge is 0.385 e. The SMILES string of the molecule is Cc1cccc(C(CC(O)(S)C(=O)c2ccc(F)cc2)N2CCC(O)(c3ccc(Cl)cc3)CC2)c1C. The number of carbonyl (C=O) groups excluding carboxylic acids is 1. The molecular weight excluding hydrogens is 497 g/mol. The molecule has 190 valence electrons. The lowest BCUT2D eigenvalue weighted by atomic mass is 9.82. The normalized spacial score (nSPS) is 18.4. The van der Waals surface area contributed by atoms with Gasteiger partial charge in [0.05, 0.1) is 5.60 Å². The van der Waals surface area contributed by atoms with Crippen LogP contribution in [0.25, 0.3) is 0 Å². The van der Waals surface area contributed by atoms with Gasteiger partial charge in [0.25, 0.3) is 0 Å². The molecule has 1 fully saturated rings. The maximum Gasteiger partial charge on any atom is 0.204 e. The van der Waals surface area contributed by atoms with Gasteiger partial charge in [-0.15, -0.1) is 12.6 Å². The van der Waals surface area contributed by atoms with E-state index in [0.29, 0.717) is 31.0 Å². The summed E-state index contributed by atoms with van der Waals surface area (Å²) in [7, 11) is 0. The molecule has 7 heteroatoms. The molecule has 3 aromatic carbocycles. The second-order valence-electron chi connectivity index (χ2n) is 9.74. The molecule has 4 nitrogen and oxygen atoms in total. The molecule has 0 aliphatic carbocycles. The van der Waals surface area contributed by atoms with E-state index < -0.39 is 22.1 Å². The number of rotatable bonds is 7. The number of aryl methyl sites for hydroxylation is 1. The number of Topliss-reactive ketones (excluding diaryl/α,β-unsaturated/α-hetero) is 1. The summed E-state index contributed by atoms with van der Waals surface area (Å²) in [6.45, 7) is 5.19. The molecule has 2 unspecified atom stereocenters. The van der Waals surface area contributed by atoms with Gasteiger partial charge in [0.1, 0.15) is 5.82 Å². The van der Waals surface area contributed by atoms with Crippen molar-refractivity contribution in [3.63, 3.8) is 0 Å². The number of benzene rings is 3. The van der Waals surface area contributed by atoms with Gasteiger partial charge in [0, 0.05) is 36.1 Å². The molecule has 36 heavy (non-hydrogen) atoms. The summed E-state index contributed by atoms with van der Waals surface area (Å²) in [5.41, 5.74) is 3.25. The number of halogens is 2. The smallest absolute Gasteiger partial charge is 0.204 e. The van der Waals surface area contributed by atoms with Gasteiger partial charge >= 0.3 is 0 Å². The molecule has 0 spiro atoms. The summed E-state index contributed by atoms with van der Waals surface area (Å²) in [6.07, 6.45) is 1.02. The third-order valence-corrected chi connectivity index (χ3v) is 8.04. The maximum absolute atomic E-state index is 13.4. The van der Waals surface area contributed by atoms with E-state index in [0.717, 1.165) is 22.3 Å². The molecule has 2 atom stereocenters.